The highest BCUT2D eigenvalue weighted by atomic mass is 19.1. The monoisotopic (exact) mass is 366 g/mol. The molecule has 0 saturated heterocycles. The second-order valence-electron chi connectivity index (χ2n) is 6.61. The molecule has 3 rings (SSSR count). The summed E-state index contributed by atoms with van der Waals surface area (Å²) in [5, 5.41) is 5.16. The standard InChI is InChI=1S/C22H23FN2O2/c1-15(25(2)14-16-8-11-21(27-3)20(23)12-16)22(26)24-19-10-9-17-6-4-5-7-18(17)13-19/h4-13,15H,14H2,1-3H3,(H,24,26)/t15-/m1/s1. The molecule has 5 heteroatoms. The summed E-state index contributed by atoms with van der Waals surface area (Å²) in [6.45, 7) is 2.28. The van der Waals surface area contributed by atoms with Crippen LogP contribution in [0.5, 0.6) is 5.75 Å². The highest BCUT2D eigenvalue weighted by molar-refractivity contribution is 5.97. The molecule has 0 aliphatic heterocycles. The summed E-state index contributed by atoms with van der Waals surface area (Å²) in [4.78, 5) is 14.5. The lowest BCUT2D eigenvalue weighted by molar-refractivity contribution is -0.120. The minimum atomic E-state index is -0.406. The zero-order chi connectivity index (χ0) is 19.4. The zero-order valence-electron chi connectivity index (χ0n) is 15.7. The fourth-order valence-electron chi connectivity index (χ4n) is 2.95. The minimum absolute atomic E-state index is 0.109. The summed E-state index contributed by atoms with van der Waals surface area (Å²) in [6, 6.07) is 18.3. The van der Waals surface area contributed by atoms with E-state index in [1.54, 1.807) is 12.1 Å². The predicted molar refractivity (Wildman–Crippen MR) is 106 cm³/mol. The van der Waals surface area contributed by atoms with Crippen LogP contribution in [-0.2, 0) is 11.3 Å². The molecule has 0 spiro atoms. The van der Waals surface area contributed by atoms with Gasteiger partial charge in [0.15, 0.2) is 11.6 Å². The number of hydrogen-bond acceptors (Lipinski definition) is 3. The van der Waals surface area contributed by atoms with Gasteiger partial charge in [0.2, 0.25) is 5.91 Å². The van der Waals surface area contributed by atoms with Crippen molar-refractivity contribution in [2.75, 3.05) is 19.5 Å². The molecule has 0 unspecified atom stereocenters. The molecule has 3 aromatic rings. The molecular weight excluding hydrogens is 343 g/mol. The molecule has 27 heavy (non-hydrogen) atoms. The Labute approximate surface area is 158 Å². The van der Waals surface area contributed by atoms with Crippen LogP contribution in [0.25, 0.3) is 10.8 Å². The van der Waals surface area contributed by atoms with Crippen molar-refractivity contribution >= 4 is 22.4 Å². The molecule has 0 radical (unpaired) electrons. The van der Waals surface area contributed by atoms with Crippen LogP contribution in [0.4, 0.5) is 10.1 Å². The van der Waals surface area contributed by atoms with E-state index >= 15 is 0 Å². The van der Waals surface area contributed by atoms with Crippen molar-refractivity contribution in [1.29, 1.82) is 0 Å². The lowest BCUT2D eigenvalue weighted by atomic mass is 10.1. The van der Waals surface area contributed by atoms with Crippen LogP contribution in [0.2, 0.25) is 0 Å². The van der Waals surface area contributed by atoms with Crippen LogP contribution in [0.15, 0.2) is 60.7 Å². The van der Waals surface area contributed by atoms with Gasteiger partial charge in [0.1, 0.15) is 0 Å². The quantitative estimate of drug-likeness (QED) is 0.701. The van der Waals surface area contributed by atoms with E-state index in [0.29, 0.717) is 6.54 Å². The summed E-state index contributed by atoms with van der Waals surface area (Å²) in [5.41, 5.74) is 1.54. The molecule has 0 bridgehead atoms. The predicted octanol–water partition coefficient (Wildman–Crippen LogP) is 4.45. The van der Waals surface area contributed by atoms with Crippen molar-refractivity contribution in [2.45, 2.75) is 19.5 Å². The number of carbonyl (C=O) groups excluding carboxylic acids is 1. The second kappa shape index (κ2) is 8.18. The highest BCUT2D eigenvalue weighted by Gasteiger charge is 2.19. The van der Waals surface area contributed by atoms with E-state index in [9.17, 15) is 9.18 Å². The Bertz CT molecular complexity index is 958. The summed E-state index contributed by atoms with van der Waals surface area (Å²) in [5.74, 6) is -0.304. The van der Waals surface area contributed by atoms with Crippen LogP contribution >= 0.6 is 0 Å². The van der Waals surface area contributed by atoms with Gasteiger partial charge in [-0.15, -0.1) is 0 Å². The van der Waals surface area contributed by atoms with E-state index in [2.05, 4.69) is 5.32 Å². The Morgan fingerprint density at radius 3 is 2.56 bits per heavy atom. The van der Waals surface area contributed by atoms with Gasteiger partial charge in [-0.3, -0.25) is 9.69 Å². The fraction of sp³-hybridized carbons (Fsp3) is 0.227. The van der Waals surface area contributed by atoms with Gasteiger partial charge >= 0.3 is 0 Å². The average molecular weight is 366 g/mol. The van der Waals surface area contributed by atoms with Crippen molar-refractivity contribution in [2.24, 2.45) is 0 Å². The summed E-state index contributed by atoms with van der Waals surface area (Å²) >= 11 is 0. The van der Waals surface area contributed by atoms with Crippen molar-refractivity contribution in [3.05, 3.63) is 72.0 Å². The minimum Gasteiger partial charge on any atom is -0.494 e. The van der Waals surface area contributed by atoms with Crippen molar-refractivity contribution in [3.8, 4) is 5.75 Å². The Morgan fingerprint density at radius 2 is 1.85 bits per heavy atom. The van der Waals surface area contributed by atoms with E-state index in [1.165, 1.54) is 13.2 Å². The van der Waals surface area contributed by atoms with Gasteiger partial charge in [0, 0.05) is 12.2 Å². The molecule has 1 amide bonds. The first-order valence-electron chi connectivity index (χ1n) is 8.80. The zero-order valence-corrected chi connectivity index (χ0v) is 15.7. The molecular formula is C22H23FN2O2. The Hall–Kier alpha value is -2.92. The number of amides is 1. The number of nitrogens with one attached hydrogen (secondary N) is 1. The van der Waals surface area contributed by atoms with Gasteiger partial charge < -0.3 is 10.1 Å². The number of ether oxygens (including phenoxy) is 1. The number of rotatable bonds is 6. The summed E-state index contributed by atoms with van der Waals surface area (Å²) in [6.07, 6.45) is 0. The van der Waals surface area contributed by atoms with E-state index in [1.807, 2.05) is 61.3 Å². The topological polar surface area (TPSA) is 41.6 Å². The number of anilines is 1. The molecule has 140 valence electrons. The Kier molecular flexibility index (Phi) is 5.72. The number of nitrogens with zero attached hydrogens (tertiary/aromatic N) is 1. The number of halogens is 1. The molecule has 0 aromatic heterocycles. The molecule has 3 aromatic carbocycles. The fourth-order valence-corrected chi connectivity index (χ4v) is 2.95. The van der Waals surface area contributed by atoms with Gasteiger partial charge in [-0.2, -0.15) is 0 Å². The largest absolute Gasteiger partial charge is 0.494 e. The van der Waals surface area contributed by atoms with Gasteiger partial charge in [-0.1, -0.05) is 36.4 Å². The lowest BCUT2D eigenvalue weighted by Gasteiger charge is -2.24. The number of carbonyl (C=O) groups is 1. The van der Waals surface area contributed by atoms with E-state index in [4.69, 9.17) is 4.74 Å². The number of methoxy groups -OCH3 is 1. The molecule has 1 atom stereocenters. The summed E-state index contributed by atoms with van der Waals surface area (Å²) < 4.78 is 18.8. The van der Waals surface area contributed by atoms with Crippen LogP contribution in [0.1, 0.15) is 12.5 Å². The van der Waals surface area contributed by atoms with Crippen molar-refractivity contribution < 1.29 is 13.9 Å². The molecule has 0 aliphatic carbocycles. The highest BCUT2D eigenvalue weighted by Crippen LogP contribution is 2.21. The van der Waals surface area contributed by atoms with Gasteiger partial charge in [0.25, 0.3) is 0 Å². The second-order valence-corrected chi connectivity index (χ2v) is 6.61. The van der Waals surface area contributed by atoms with E-state index in [0.717, 1.165) is 22.0 Å². The maximum atomic E-state index is 13.9. The molecule has 0 heterocycles. The first kappa shape index (κ1) is 18.9. The molecule has 0 aliphatic rings. The Balaban J connectivity index is 1.65. The smallest absolute Gasteiger partial charge is 0.241 e. The molecule has 0 saturated carbocycles. The molecule has 1 N–H and O–H groups in total. The third-order valence-electron chi connectivity index (χ3n) is 4.71. The van der Waals surface area contributed by atoms with Gasteiger partial charge in [-0.05, 0) is 54.6 Å². The third kappa shape index (κ3) is 4.44. The number of hydrogen-bond donors (Lipinski definition) is 1. The van der Waals surface area contributed by atoms with Gasteiger partial charge in [0.05, 0.1) is 13.2 Å². The van der Waals surface area contributed by atoms with Crippen LogP contribution in [0, 0.1) is 5.82 Å². The van der Waals surface area contributed by atoms with Crippen molar-refractivity contribution in [3.63, 3.8) is 0 Å². The van der Waals surface area contributed by atoms with Gasteiger partial charge in [-0.25, -0.2) is 4.39 Å². The normalized spacial score (nSPS) is 12.2. The van der Waals surface area contributed by atoms with Crippen molar-refractivity contribution in [1.82, 2.24) is 4.90 Å². The average Bonchev–Trinajstić information content (AvgIpc) is 2.67. The lowest BCUT2D eigenvalue weighted by Crippen LogP contribution is -2.39. The maximum absolute atomic E-state index is 13.9. The first-order valence-corrected chi connectivity index (χ1v) is 8.80. The van der Waals surface area contributed by atoms with Crippen LogP contribution < -0.4 is 10.1 Å². The molecule has 0 fully saturated rings. The third-order valence-corrected chi connectivity index (χ3v) is 4.71. The molecule has 4 nitrogen and oxygen atoms in total. The maximum Gasteiger partial charge on any atom is 0.241 e. The Morgan fingerprint density at radius 1 is 1.11 bits per heavy atom. The van der Waals surface area contributed by atoms with Crippen LogP contribution in [0.3, 0.4) is 0 Å². The first-order chi connectivity index (χ1) is 13.0. The SMILES string of the molecule is COc1ccc(CN(C)[C@H](C)C(=O)Nc2ccc3ccccc3c2)cc1F. The number of likely N-dealkylation sites (N-methyl/N-ethyl adjacent to an activating group) is 1. The number of benzene rings is 3. The summed E-state index contributed by atoms with van der Waals surface area (Å²) in [7, 11) is 3.27. The van der Waals surface area contributed by atoms with E-state index < -0.39 is 5.82 Å². The van der Waals surface area contributed by atoms with E-state index in [-0.39, 0.29) is 17.7 Å². The number of fused-ring (bicyclic) bond motifs is 1. The van der Waals surface area contributed by atoms with Crippen LogP contribution in [-0.4, -0.2) is 31.0 Å².